The van der Waals surface area contributed by atoms with Crippen LogP contribution in [0, 0.1) is 0 Å². The second kappa shape index (κ2) is 48.4. The van der Waals surface area contributed by atoms with Gasteiger partial charge in [-0.05, 0) is 40.0 Å². The van der Waals surface area contributed by atoms with Crippen LogP contribution in [0.5, 0.6) is 0 Å². The summed E-state index contributed by atoms with van der Waals surface area (Å²) < 4.78 is 88.2. The van der Waals surface area contributed by atoms with E-state index in [1.165, 1.54) is 20.3 Å². The molecule has 0 aromatic heterocycles. The summed E-state index contributed by atoms with van der Waals surface area (Å²) in [6.07, 6.45) is 4.09. The predicted octanol–water partition coefficient (Wildman–Crippen LogP) is 4.24. The zero-order chi connectivity index (χ0) is 45.6. The van der Waals surface area contributed by atoms with Gasteiger partial charge in [-0.15, -0.1) is 0 Å². The second-order valence-corrected chi connectivity index (χ2v) is 15.2. The van der Waals surface area contributed by atoms with Crippen molar-refractivity contribution in [1.29, 1.82) is 0 Å². The highest BCUT2D eigenvalue weighted by Gasteiger charge is 2.16. The number of carbonyl (C=O) groups excluding carboxylic acids is 4. The third-order valence-electron chi connectivity index (χ3n) is 3.55. The van der Waals surface area contributed by atoms with E-state index in [-0.39, 0.29) is 6.61 Å². The number of hydrogen-bond donors (Lipinski definition) is 3. The Morgan fingerprint density at radius 3 is 1.25 bits per heavy atom. The number of hydrogen-bond acceptors (Lipinski definition) is 20. The average molecular weight is 885 g/mol. The number of carboxylic acid groups (broad SMARTS) is 3. The fraction of sp³-hybridized carbons (Fsp3) is 0.733. The van der Waals surface area contributed by atoms with Gasteiger partial charge in [0, 0.05) is 35.8 Å². The maximum absolute atomic E-state index is 10.4. The van der Waals surface area contributed by atoms with E-state index < -0.39 is 67.4 Å². The molecular weight excluding hydrogens is 825 g/mol. The molecule has 0 aromatic carbocycles. The van der Waals surface area contributed by atoms with Gasteiger partial charge in [0.2, 0.25) is 0 Å². The van der Waals surface area contributed by atoms with Gasteiger partial charge in [-0.25, -0.2) is 45.6 Å². The summed E-state index contributed by atoms with van der Waals surface area (Å²) in [4.78, 5) is 58.1. The Morgan fingerprint density at radius 1 is 0.768 bits per heavy atom. The van der Waals surface area contributed by atoms with Crippen LogP contribution in [0.1, 0.15) is 47.0 Å². The smallest absolute Gasteiger partial charge is 0.450 e. The minimum atomic E-state index is -2.67. The lowest BCUT2D eigenvalue weighted by molar-refractivity contribution is 0.0628. The molecule has 2 heterocycles. The molecule has 56 heavy (non-hydrogen) atoms. The van der Waals surface area contributed by atoms with Crippen molar-refractivity contribution in [1.82, 2.24) is 0 Å². The molecule has 336 valence electrons. The Kier molecular flexibility index (Phi) is 57.3. The van der Waals surface area contributed by atoms with Crippen LogP contribution in [-0.2, 0) is 73.1 Å². The van der Waals surface area contributed by atoms with Crippen LogP contribution in [0.4, 0.5) is 28.8 Å². The minimum absolute atomic E-state index is 0.0648. The van der Waals surface area contributed by atoms with Crippen molar-refractivity contribution < 1.29 is 108 Å². The van der Waals surface area contributed by atoms with E-state index in [0.29, 0.717) is 51.1 Å². The average Bonchev–Trinajstić information content (AvgIpc) is 3.72. The highest BCUT2D eigenvalue weighted by Crippen LogP contribution is 2.08. The van der Waals surface area contributed by atoms with E-state index in [4.69, 9.17) is 20.1 Å². The van der Waals surface area contributed by atoms with E-state index >= 15 is 0 Å². The molecule has 2 aliphatic rings. The SMILES string of the molecule is C=CCOC(=O)O.CCCOC(=O)OC.CCOC(=O)OC.CCOC(=O)OCC.CS(C)(=O)=O.CS(C)=O.O=C(O)O.O=C1OCCO1.O=S1(=O)CCCC1. The van der Waals surface area contributed by atoms with Crippen LogP contribution >= 0.6 is 0 Å². The molecule has 0 aliphatic carbocycles. The van der Waals surface area contributed by atoms with Crippen LogP contribution < -0.4 is 0 Å². The van der Waals surface area contributed by atoms with E-state index in [1.54, 1.807) is 33.3 Å². The van der Waals surface area contributed by atoms with Gasteiger partial charge in [-0.1, -0.05) is 19.6 Å². The first-order valence-electron chi connectivity index (χ1n) is 15.8. The lowest BCUT2D eigenvalue weighted by atomic mass is 10.4. The maximum Gasteiger partial charge on any atom is 0.508 e. The Hall–Kier alpha value is -4.59. The molecule has 0 radical (unpaired) electrons. The van der Waals surface area contributed by atoms with Crippen molar-refractivity contribution in [3.05, 3.63) is 12.7 Å². The molecule has 26 heteroatoms. The Bertz CT molecular complexity index is 1200. The zero-order valence-electron chi connectivity index (χ0n) is 33.5. The van der Waals surface area contributed by atoms with Crippen molar-refractivity contribution in [2.75, 3.05) is 97.0 Å². The number of sulfone groups is 2. The first kappa shape index (κ1) is 66.2. The normalized spacial score (nSPS) is 11.9. The van der Waals surface area contributed by atoms with Gasteiger partial charge in [0.25, 0.3) is 0 Å². The zero-order valence-corrected chi connectivity index (χ0v) is 36.0. The van der Waals surface area contributed by atoms with Crippen LogP contribution in [0.15, 0.2) is 12.7 Å². The highest BCUT2D eigenvalue weighted by atomic mass is 32.2. The fourth-order valence-corrected chi connectivity index (χ4v) is 3.36. The number of carbonyl (C=O) groups is 6. The first-order chi connectivity index (χ1) is 25.8. The number of methoxy groups -OCH3 is 2. The third-order valence-corrected chi connectivity index (χ3v) is 5.37. The Balaban J connectivity index is -0.0000000973. The van der Waals surface area contributed by atoms with Crippen molar-refractivity contribution in [3.63, 3.8) is 0 Å². The molecule has 2 fully saturated rings. The lowest BCUT2D eigenvalue weighted by Crippen LogP contribution is -2.05. The fourth-order valence-electron chi connectivity index (χ4n) is 1.87. The summed E-state index contributed by atoms with van der Waals surface area (Å²) >= 11 is 0. The van der Waals surface area contributed by atoms with Gasteiger partial charge in [0.15, 0.2) is 0 Å². The van der Waals surface area contributed by atoms with Gasteiger partial charge in [0.1, 0.15) is 39.5 Å². The Morgan fingerprint density at radius 2 is 1.09 bits per heavy atom. The molecule has 0 saturated carbocycles. The summed E-state index contributed by atoms with van der Waals surface area (Å²) in [5.74, 6) is 0.847. The lowest BCUT2D eigenvalue weighted by Gasteiger charge is -1.98. The van der Waals surface area contributed by atoms with Crippen molar-refractivity contribution in [3.8, 4) is 0 Å². The summed E-state index contributed by atoms with van der Waals surface area (Å²) in [6.45, 7) is 12.8. The first-order valence-corrected chi connectivity index (χ1v) is 21.8. The minimum Gasteiger partial charge on any atom is -0.450 e. The molecule has 0 aromatic rings. The molecule has 0 unspecified atom stereocenters. The van der Waals surface area contributed by atoms with Crippen LogP contribution in [0.2, 0.25) is 0 Å². The second-order valence-electron chi connectivity index (χ2n) is 9.14. The molecular formula is C30H60O23S3. The molecule has 2 saturated heterocycles. The van der Waals surface area contributed by atoms with Crippen molar-refractivity contribution in [2.45, 2.75) is 47.0 Å². The van der Waals surface area contributed by atoms with Crippen molar-refractivity contribution >= 4 is 67.4 Å². The van der Waals surface area contributed by atoms with Crippen LogP contribution in [0.25, 0.3) is 0 Å². The highest BCUT2D eigenvalue weighted by molar-refractivity contribution is 7.91. The molecule has 3 N–H and O–H groups in total. The van der Waals surface area contributed by atoms with Crippen molar-refractivity contribution in [2.24, 2.45) is 0 Å². The molecule has 23 nitrogen and oxygen atoms in total. The quantitative estimate of drug-likeness (QED) is 0.183. The summed E-state index contributed by atoms with van der Waals surface area (Å²) in [5, 5.41) is 21.7. The molecule has 2 aliphatic heterocycles. The monoisotopic (exact) mass is 884 g/mol. The van der Waals surface area contributed by atoms with E-state index in [1.807, 2.05) is 6.92 Å². The van der Waals surface area contributed by atoms with E-state index in [0.717, 1.165) is 31.8 Å². The predicted molar refractivity (Wildman–Crippen MR) is 202 cm³/mol. The third kappa shape index (κ3) is 110. The molecule has 0 atom stereocenters. The Labute approximate surface area is 331 Å². The number of rotatable bonds is 7. The summed E-state index contributed by atoms with van der Waals surface area (Å²) in [7, 11) is -3.26. The molecule has 0 amide bonds. The molecule has 2 rings (SSSR count). The standard InChI is InChI=1S/2C5H10O3.C4H8O3.C4H6O3.C4H8O2S.C3H4O3.C2H6O2S.C2H6OS.CH2O3/c1-3-4-8-5(6)7-2;1-3-7-5(6)8-4-2;1-3-7-4(5)6-2;1-2-3-7-4(5)6;5-7(6)3-1-2-4-7;4-3-5-1-2-6-3;1-5(2,3)4;1-4(2)3;2-1(3)4/h2*3-4H2,1-2H3;3H2,1-2H3;2H,1,3H2,(H,5,6);1-4H2;1-2H2;1-2H3;1-2H3;(H2,2,3,4). The van der Waals surface area contributed by atoms with Gasteiger partial charge >= 0.3 is 36.9 Å². The van der Waals surface area contributed by atoms with Gasteiger partial charge in [-0.3, -0.25) is 4.21 Å². The van der Waals surface area contributed by atoms with Crippen LogP contribution in [-0.4, -0.2) is 170 Å². The van der Waals surface area contributed by atoms with E-state index in [2.05, 4.69) is 49.2 Å². The summed E-state index contributed by atoms with van der Waals surface area (Å²) in [6, 6.07) is 0. The van der Waals surface area contributed by atoms with Gasteiger partial charge in [-0.2, -0.15) is 0 Å². The van der Waals surface area contributed by atoms with Crippen LogP contribution in [0.3, 0.4) is 0 Å². The number of cyclic esters (lactones) is 2. The summed E-state index contributed by atoms with van der Waals surface area (Å²) in [5.41, 5.74) is 0. The number of ether oxygens (including phenoxy) is 9. The maximum atomic E-state index is 10.4. The topological polar surface area (TPSA) is 332 Å². The van der Waals surface area contributed by atoms with Gasteiger partial charge in [0.05, 0.1) is 52.2 Å². The molecule has 0 spiro atoms. The van der Waals surface area contributed by atoms with E-state index in [9.17, 15) is 45.0 Å². The molecule has 0 bridgehead atoms. The largest absolute Gasteiger partial charge is 0.508 e. The van der Waals surface area contributed by atoms with Gasteiger partial charge < -0.3 is 58.0 Å².